The predicted molar refractivity (Wildman–Crippen MR) is 94.0 cm³/mol. The van der Waals surface area contributed by atoms with E-state index >= 15 is 0 Å². The summed E-state index contributed by atoms with van der Waals surface area (Å²) in [5, 5.41) is 6.08. The standard InChI is InChI=1S/C17H17N2O2PS/c20-22(21,15-9-5-2-6-10-15)16(17-18-11-12-23-17)19-13-14-7-3-1-4-8-14/h1-12,16,19H,13H2,(H,20,21). The van der Waals surface area contributed by atoms with Crippen molar-refractivity contribution in [3.8, 4) is 0 Å². The van der Waals surface area contributed by atoms with E-state index in [9.17, 15) is 9.46 Å². The summed E-state index contributed by atoms with van der Waals surface area (Å²) in [6.45, 7) is 0.502. The summed E-state index contributed by atoms with van der Waals surface area (Å²) in [5.41, 5.74) is 1.06. The van der Waals surface area contributed by atoms with Crippen LogP contribution in [0.25, 0.3) is 0 Å². The van der Waals surface area contributed by atoms with Crippen LogP contribution < -0.4 is 10.6 Å². The van der Waals surface area contributed by atoms with Gasteiger partial charge in [-0.3, -0.25) is 9.88 Å². The van der Waals surface area contributed by atoms with Gasteiger partial charge in [-0.2, -0.15) is 0 Å². The summed E-state index contributed by atoms with van der Waals surface area (Å²) in [5.74, 6) is -0.717. The molecule has 1 aromatic heterocycles. The van der Waals surface area contributed by atoms with Gasteiger partial charge in [0.25, 0.3) is 7.37 Å². The zero-order valence-electron chi connectivity index (χ0n) is 12.4. The van der Waals surface area contributed by atoms with E-state index in [1.165, 1.54) is 11.3 Å². The van der Waals surface area contributed by atoms with Crippen LogP contribution in [0.15, 0.2) is 72.2 Å². The SMILES string of the molecule is O=P(O)(c1ccccc1)C(NCc1ccccc1)c1nccs1. The largest absolute Gasteiger partial charge is 0.340 e. The van der Waals surface area contributed by atoms with Crippen molar-refractivity contribution < 1.29 is 9.46 Å². The molecule has 0 aliphatic rings. The Morgan fingerprint density at radius 2 is 1.74 bits per heavy atom. The highest BCUT2D eigenvalue weighted by Gasteiger charge is 2.35. The second kappa shape index (κ2) is 7.20. The Morgan fingerprint density at radius 3 is 2.35 bits per heavy atom. The van der Waals surface area contributed by atoms with Crippen molar-refractivity contribution in [3.05, 3.63) is 82.8 Å². The van der Waals surface area contributed by atoms with Crippen LogP contribution in [0.3, 0.4) is 0 Å². The van der Waals surface area contributed by atoms with E-state index in [1.807, 2.05) is 41.8 Å². The average Bonchev–Trinajstić information content (AvgIpc) is 3.11. The molecule has 2 atom stereocenters. The molecule has 0 bridgehead atoms. The number of benzene rings is 2. The summed E-state index contributed by atoms with van der Waals surface area (Å²) in [7, 11) is -3.64. The Balaban J connectivity index is 1.89. The molecule has 3 rings (SSSR count). The minimum absolute atomic E-state index is 0.431. The van der Waals surface area contributed by atoms with Crippen LogP contribution in [0.1, 0.15) is 16.4 Å². The fraction of sp³-hybridized carbons (Fsp3) is 0.118. The maximum atomic E-state index is 13.1. The Morgan fingerprint density at radius 1 is 1.09 bits per heavy atom. The Hall–Kier alpha value is -1.78. The molecule has 0 aliphatic carbocycles. The van der Waals surface area contributed by atoms with Crippen LogP contribution in [0.5, 0.6) is 0 Å². The van der Waals surface area contributed by atoms with Gasteiger partial charge in [-0.25, -0.2) is 4.98 Å². The first-order valence-electron chi connectivity index (χ1n) is 7.23. The Kier molecular flexibility index (Phi) is 5.03. The van der Waals surface area contributed by atoms with Gasteiger partial charge in [-0.1, -0.05) is 48.5 Å². The molecular weight excluding hydrogens is 327 g/mol. The molecule has 4 nitrogen and oxygen atoms in total. The number of nitrogens with one attached hydrogen (secondary N) is 1. The molecule has 0 saturated carbocycles. The van der Waals surface area contributed by atoms with Crippen molar-refractivity contribution in [1.82, 2.24) is 10.3 Å². The molecule has 6 heteroatoms. The molecule has 118 valence electrons. The predicted octanol–water partition coefficient (Wildman–Crippen LogP) is 3.53. The van der Waals surface area contributed by atoms with Crippen molar-refractivity contribution in [1.29, 1.82) is 0 Å². The second-order valence-corrected chi connectivity index (χ2v) is 8.30. The van der Waals surface area contributed by atoms with E-state index in [4.69, 9.17) is 0 Å². The zero-order valence-corrected chi connectivity index (χ0v) is 14.1. The van der Waals surface area contributed by atoms with E-state index in [-0.39, 0.29) is 0 Å². The molecular formula is C17H17N2O2PS. The smallest absolute Gasteiger partial charge is 0.252 e. The highest BCUT2D eigenvalue weighted by Crippen LogP contribution is 2.53. The highest BCUT2D eigenvalue weighted by atomic mass is 32.1. The summed E-state index contributed by atoms with van der Waals surface area (Å²) in [6, 6.07) is 18.6. The minimum Gasteiger partial charge on any atom is -0.340 e. The number of nitrogens with zero attached hydrogens (tertiary/aromatic N) is 1. The fourth-order valence-corrected chi connectivity index (χ4v) is 5.14. The van der Waals surface area contributed by atoms with Crippen LogP contribution in [0, 0.1) is 0 Å². The molecule has 3 aromatic rings. The van der Waals surface area contributed by atoms with E-state index in [2.05, 4.69) is 10.3 Å². The number of hydrogen-bond donors (Lipinski definition) is 2. The van der Waals surface area contributed by atoms with Crippen molar-refractivity contribution >= 4 is 24.0 Å². The number of hydrogen-bond acceptors (Lipinski definition) is 4. The van der Waals surface area contributed by atoms with Gasteiger partial charge in [0.05, 0.1) is 0 Å². The van der Waals surface area contributed by atoms with E-state index in [0.29, 0.717) is 16.9 Å². The molecule has 23 heavy (non-hydrogen) atoms. The Bertz CT molecular complexity index is 779. The molecule has 0 radical (unpaired) electrons. The average molecular weight is 344 g/mol. The lowest BCUT2D eigenvalue weighted by molar-refractivity contribution is 0.459. The first-order chi connectivity index (χ1) is 11.2. The van der Waals surface area contributed by atoms with Crippen molar-refractivity contribution in [2.75, 3.05) is 0 Å². The molecule has 0 spiro atoms. The van der Waals surface area contributed by atoms with Gasteiger partial charge in [0.2, 0.25) is 0 Å². The minimum atomic E-state index is -3.64. The van der Waals surface area contributed by atoms with Crippen LogP contribution in [-0.4, -0.2) is 9.88 Å². The third kappa shape index (κ3) is 3.77. The fourth-order valence-electron chi connectivity index (χ4n) is 2.33. The van der Waals surface area contributed by atoms with Crippen LogP contribution >= 0.6 is 18.7 Å². The summed E-state index contributed by atoms with van der Waals surface area (Å²) >= 11 is 1.38. The summed E-state index contributed by atoms with van der Waals surface area (Å²) < 4.78 is 13.1. The van der Waals surface area contributed by atoms with E-state index in [1.54, 1.807) is 30.5 Å². The molecule has 0 aliphatic heterocycles. The lowest BCUT2D eigenvalue weighted by Gasteiger charge is -2.23. The number of aromatic nitrogens is 1. The highest BCUT2D eigenvalue weighted by molar-refractivity contribution is 7.66. The first-order valence-corrected chi connectivity index (χ1v) is 9.83. The third-order valence-corrected chi connectivity index (χ3v) is 6.68. The Labute approximate surface area is 139 Å². The molecule has 2 aromatic carbocycles. The lowest BCUT2D eigenvalue weighted by Crippen LogP contribution is -2.25. The van der Waals surface area contributed by atoms with Crippen LogP contribution in [0.2, 0.25) is 0 Å². The number of thiazole rings is 1. The maximum absolute atomic E-state index is 13.1. The van der Waals surface area contributed by atoms with Gasteiger partial charge in [0.15, 0.2) is 0 Å². The van der Waals surface area contributed by atoms with Gasteiger partial charge in [0, 0.05) is 23.4 Å². The van der Waals surface area contributed by atoms with Crippen molar-refractivity contribution in [3.63, 3.8) is 0 Å². The topological polar surface area (TPSA) is 62.2 Å². The van der Waals surface area contributed by atoms with Crippen LogP contribution in [-0.2, 0) is 11.1 Å². The lowest BCUT2D eigenvalue weighted by atomic mass is 10.2. The van der Waals surface area contributed by atoms with Gasteiger partial charge >= 0.3 is 0 Å². The molecule has 1 heterocycles. The normalized spacial score (nSPS) is 15.0. The molecule has 0 fully saturated rings. The molecule has 2 unspecified atom stereocenters. The number of rotatable bonds is 6. The quantitative estimate of drug-likeness (QED) is 0.672. The third-order valence-electron chi connectivity index (χ3n) is 3.50. The zero-order chi connectivity index (χ0) is 16.1. The second-order valence-electron chi connectivity index (χ2n) is 5.10. The summed E-state index contributed by atoms with van der Waals surface area (Å²) in [4.78, 5) is 15.0. The molecule has 2 N–H and O–H groups in total. The van der Waals surface area contributed by atoms with Gasteiger partial charge < -0.3 is 4.89 Å². The monoisotopic (exact) mass is 344 g/mol. The van der Waals surface area contributed by atoms with E-state index < -0.39 is 13.2 Å². The van der Waals surface area contributed by atoms with Gasteiger partial charge in [0.1, 0.15) is 10.8 Å². The van der Waals surface area contributed by atoms with Gasteiger partial charge in [-0.05, 0) is 17.7 Å². The first kappa shape index (κ1) is 16.1. The molecule has 0 saturated heterocycles. The van der Waals surface area contributed by atoms with E-state index in [0.717, 1.165) is 5.56 Å². The maximum Gasteiger partial charge on any atom is 0.252 e. The van der Waals surface area contributed by atoms with Gasteiger partial charge in [-0.15, -0.1) is 11.3 Å². The van der Waals surface area contributed by atoms with Crippen molar-refractivity contribution in [2.24, 2.45) is 0 Å². The molecule has 0 amide bonds. The summed E-state index contributed by atoms with van der Waals surface area (Å²) in [6.07, 6.45) is 1.65. The van der Waals surface area contributed by atoms with Crippen LogP contribution in [0.4, 0.5) is 0 Å². The van der Waals surface area contributed by atoms with Crippen molar-refractivity contribution in [2.45, 2.75) is 12.3 Å².